The summed E-state index contributed by atoms with van der Waals surface area (Å²) >= 11 is 0. The van der Waals surface area contributed by atoms with Crippen LogP contribution in [0.1, 0.15) is 52.9 Å². The van der Waals surface area contributed by atoms with E-state index in [1.807, 2.05) is 0 Å². The second-order valence-electron chi connectivity index (χ2n) is 7.44. The van der Waals surface area contributed by atoms with Gasteiger partial charge in [-0.2, -0.15) is 0 Å². The van der Waals surface area contributed by atoms with Crippen LogP contribution < -0.4 is 11.1 Å². The van der Waals surface area contributed by atoms with E-state index in [2.05, 4.69) is 5.32 Å². The third-order valence-electron chi connectivity index (χ3n) is 4.24. The Morgan fingerprint density at radius 2 is 1.72 bits per heavy atom. The molecule has 8 nitrogen and oxygen atoms in total. The zero-order valence-corrected chi connectivity index (χ0v) is 15.8. The smallest absolute Gasteiger partial charge is 0.411 e. The maximum Gasteiger partial charge on any atom is 0.411 e. The number of esters is 1. The summed E-state index contributed by atoms with van der Waals surface area (Å²) in [6.45, 7) is 5.17. The number of rotatable bonds is 5. The maximum atomic E-state index is 12.4. The van der Waals surface area contributed by atoms with Gasteiger partial charge in [-0.15, -0.1) is 0 Å². The van der Waals surface area contributed by atoms with Gasteiger partial charge < -0.3 is 20.5 Å². The molecule has 0 saturated heterocycles. The van der Waals surface area contributed by atoms with Gasteiger partial charge in [0.2, 0.25) is 0 Å². The van der Waals surface area contributed by atoms with Gasteiger partial charge in [0, 0.05) is 7.05 Å². The number of amides is 2. The molecule has 25 heavy (non-hydrogen) atoms. The number of hydrogen-bond acceptors (Lipinski definition) is 6. The molecule has 0 aliphatic heterocycles. The molecule has 1 saturated carbocycles. The lowest BCUT2D eigenvalue weighted by atomic mass is 9.84. The summed E-state index contributed by atoms with van der Waals surface area (Å²) in [6, 6.07) is -0.754. The first-order valence-corrected chi connectivity index (χ1v) is 8.66. The number of nitrogens with two attached hydrogens (primary N) is 1. The largest absolute Gasteiger partial charge is 0.467 e. The summed E-state index contributed by atoms with van der Waals surface area (Å²) in [5, 5.41) is 2.65. The second-order valence-corrected chi connectivity index (χ2v) is 7.44. The van der Waals surface area contributed by atoms with Crippen molar-refractivity contribution in [2.45, 2.75) is 70.7 Å². The third-order valence-corrected chi connectivity index (χ3v) is 4.24. The quantitative estimate of drug-likeness (QED) is 0.568. The van der Waals surface area contributed by atoms with Crippen molar-refractivity contribution in [2.75, 3.05) is 14.2 Å². The molecule has 2 amide bonds. The molecule has 0 heterocycles. The highest BCUT2D eigenvalue weighted by atomic mass is 16.6. The number of ether oxygens (including phenoxy) is 2. The van der Waals surface area contributed by atoms with Crippen molar-refractivity contribution in [3.8, 4) is 0 Å². The Morgan fingerprint density at radius 1 is 1.16 bits per heavy atom. The highest BCUT2D eigenvalue weighted by Gasteiger charge is 2.35. The van der Waals surface area contributed by atoms with Crippen LogP contribution in [0, 0.1) is 5.92 Å². The van der Waals surface area contributed by atoms with Crippen LogP contribution >= 0.6 is 0 Å². The van der Waals surface area contributed by atoms with E-state index in [0.29, 0.717) is 0 Å². The molecule has 0 aromatic rings. The minimum absolute atomic E-state index is 0.0178. The Morgan fingerprint density at radius 3 is 2.20 bits per heavy atom. The molecule has 1 aliphatic carbocycles. The van der Waals surface area contributed by atoms with Crippen LogP contribution in [0.25, 0.3) is 0 Å². The fourth-order valence-corrected chi connectivity index (χ4v) is 2.83. The van der Waals surface area contributed by atoms with E-state index in [0.717, 1.165) is 37.0 Å². The van der Waals surface area contributed by atoms with Crippen molar-refractivity contribution in [2.24, 2.45) is 11.7 Å². The van der Waals surface area contributed by atoms with Crippen LogP contribution in [0.2, 0.25) is 0 Å². The zero-order chi connectivity index (χ0) is 19.2. The highest BCUT2D eigenvalue weighted by molar-refractivity contribution is 5.89. The first kappa shape index (κ1) is 21.2. The molecule has 0 unspecified atom stereocenters. The molecule has 0 aromatic carbocycles. The van der Waals surface area contributed by atoms with Crippen molar-refractivity contribution < 1.29 is 23.9 Å². The van der Waals surface area contributed by atoms with Crippen LogP contribution in [0.5, 0.6) is 0 Å². The molecule has 0 radical (unpaired) electrons. The number of nitrogens with zero attached hydrogens (tertiary/aromatic N) is 1. The Hall–Kier alpha value is -1.83. The molecule has 1 fully saturated rings. The first-order chi connectivity index (χ1) is 11.6. The lowest BCUT2D eigenvalue weighted by Gasteiger charge is -2.32. The monoisotopic (exact) mass is 357 g/mol. The van der Waals surface area contributed by atoms with Crippen molar-refractivity contribution >= 4 is 18.0 Å². The van der Waals surface area contributed by atoms with Crippen LogP contribution in [-0.4, -0.2) is 54.8 Å². The molecule has 0 bridgehead atoms. The fourth-order valence-electron chi connectivity index (χ4n) is 2.83. The summed E-state index contributed by atoms with van der Waals surface area (Å²) < 4.78 is 10.0. The van der Waals surface area contributed by atoms with Crippen molar-refractivity contribution in [1.82, 2.24) is 10.2 Å². The number of hydrogen-bond donors (Lipinski definition) is 2. The number of carbonyl (C=O) groups is 3. The van der Waals surface area contributed by atoms with E-state index in [9.17, 15) is 14.4 Å². The van der Waals surface area contributed by atoms with Gasteiger partial charge in [0.1, 0.15) is 11.6 Å². The predicted octanol–water partition coefficient (Wildman–Crippen LogP) is 1.38. The van der Waals surface area contributed by atoms with Gasteiger partial charge in [-0.05, 0) is 39.5 Å². The molecular weight excluding hydrogens is 326 g/mol. The Bertz CT molecular complexity index is 483. The van der Waals surface area contributed by atoms with Crippen LogP contribution in [-0.2, 0) is 19.1 Å². The lowest BCUT2D eigenvalue weighted by Crippen LogP contribution is -2.58. The molecule has 0 spiro atoms. The molecule has 8 heteroatoms. The number of nitrogens with one attached hydrogen (secondary N) is 1. The zero-order valence-electron chi connectivity index (χ0n) is 15.8. The average Bonchev–Trinajstić information content (AvgIpc) is 2.56. The van der Waals surface area contributed by atoms with E-state index in [1.165, 1.54) is 14.2 Å². The third kappa shape index (κ3) is 6.53. The Balaban J connectivity index is 2.74. The van der Waals surface area contributed by atoms with Gasteiger partial charge in [-0.3, -0.25) is 9.69 Å². The minimum Gasteiger partial charge on any atom is -0.467 e. The fraction of sp³-hybridized carbons (Fsp3) is 0.824. The van der Waals surface area contributed by atoms with Gasteiger partial charge in [0.05, 0.1) is 7.11 Å². The summed E-state index contributed by atoms with van der Waals surface area (Å²) in [5.74, 6) is -1.09. The molecule has 0 aromatic heterocycles. The first-order valence-electron chi connectivity index (χ1n) is 8.66. The molecule has 1 aliphatic rings. The van der Waals surface area contributed by atoms with Crippen molar-refractivity contribution in [1.29, 1.82) is 0 Å². The Labute approximate surface area is 149 Å². The van der Waals surface area contributed by atoms with E-state index in [-0.39, 0.29) is 5.92 Å². The van der Waals surface area contributed by atoms with Crippen molar-refractivity contribution in [3.63, 3.8) is 0 Å². The van der Waals surface area contributed by atoms with Gasteiger partial charge in [0.25, 0.3) is 5.91 Å². The van der Waals surface area contributed by atoms with E-state index < -0.39 is 35.8 Å². The molecule has 144 valence electrons. The van der Waals surface area contributed by atoms with E-state index in [1.54, 1.807) is 20.8 Å². The number of likely N-dealkylation sites (N-methyl/N-ethyl adjacent to an activating group) is 1. The van der Waals surface area contributed by atoms with Gasteiger partial charge in [-0.1, -0.05) is 19.3 Å². The SMILES string of the molecule is COC(=O)[C@@H](NC(=O)[C@H](N)N(C)C(=O)OC(C)(C)C)C1CCCCC1. The predicted molar refractivity (Wildman–Crippen MR) is 92.5 cm³/mol. The highest BCUT2D eigenvalue weighted by Crippen LogP contribution is 2.27. The van der Waals surface area contributed by atoms with Crippen LogP contribution in [0.4, 0.5) is 4.79 Å². The van der Waals surface area contributed by atoms with Gasteiger partial charge >= 0.3 is 12.1 Å². The lowest BCUT2D eigenvalue weighted by molar-refractivity contribution is -0.147. The summed E-state index contributed by atoms with van der Waals surface area (Å²) in [7, 11) is 2.67. The molecule has 1 rings (SSSR count). The van der Waals surface area contributed by atoms with Crippen molar-refractivity contribution in [3.05, 3.63) is 0 Å². The molecule has 2 atom stereocenters. The summed E-state index contributed by atoms with van der Waals surface area (Å²) in [6.07, 6.45) is 2.87. The maximum absolute atomic E-state index is 12.4. The molecular formula is C17H31N3O5. The van der Waals surface area contributed by atoms with E-state index in [4.69, 9.17) is 15.2 Å². The summed E-state index contributed by atoms with van der Waals surface area (Å²) in [4.78, 5) is 37.6. The van der Waals surface area contributed by atoms with E-state index >= 15 is 0 Å². The van der Waals surface area contributed by atoms with Gasteiger partial charge in [0.15, 0.2) is 6.17 Å². The van der Waals surface area contributed by atoms with Crippen LogP contribution in [0.15, 0.2) is 0 Å². The van der Waals surface area contributed by atoms with Crippen LogP contribution in [0.3, 0.4) is 0 Å². The number of methoxy groups -OCH3 is 1. The summed E-state index contributed by atoms with van der Waals surface area (Å²) in [5.41, 5.74) is 5.16. The minimum atomic E-state index is -1.26. The standard InChI is InChI=1S/C17H31N3O5/c1-17(2,3)25-16(23)20(4)13(18)14(21)19-12(15(22)24-5)11-9-7-6-8-10-11/h11-13H,6-10,18H2,1-5H3,(H,19,21)/t12-,13+/m0/s1. The number of carbonyl (C=O) groups excluding carboxylic acids is 3. The normalized spacial score (nSPS) is 18.0. The second kappa shape index (κ2) is 9.03. The average molecular weight is 357 g/mol. The topological polar surface area (TPSA) is 111 Å². The Kier molecular flexibility index (Phi) is 7.66. The molecule has 3 N–H and O–H groups in total. The van der Waals surface area contributed by atoms with Gasteiger partial charge in [-0.25, -0.2) is 9.59 Å².